The molecular formula is C17H21N3O2. The fourth-order valence-electron chi connectivity index (χ4n) is 2.76. The van der Waals surface area contributed by atoms with Gasteiger partial charge in [-0.1, -0.05) is 35.5 Å². The zero-order chi connectivity index (χ0) is 15.4. The van der Waals surface area contributed by atoms with Crippen LogP contribution in [0, 0.1) is 0 Å². The molecule has 0 spiro atoms. The van der Waals surface area contributed by atoms with Crippen molar-refractivity contribution in [3.05, 3.63) is 42.1 Å². The number of hydrogen-bond acceptors (Lipinski definition) is 4. The van der Waals surface area contributed by atoms with Crippen molar-refractivity contribution in [3.8, 4) is 11.3 Å². The van der Waals surface area contributed by atoms with Crippen LogP contribution in [0.4, 0.5) is 0 Å². The fraction of sp³-hybridized carbons (Fsp3) is 0.412. The van der Waals surface area contributed by atoms with E-state index in [1.54, 1.807) is 6.07 Å². The van der Waals surface area contributed by atoms with E-state index < -0.39 is 0 Å². The molecule has 0 saturated carbocycles. The molecule has 0 bridgehead atoms. The van der Waals surface area contributed by atoms with Gasteiger partial charge >= 0.3 is 0 Å². The average molecular weight is 299 g/mol. The number of rotatable bonds is 5. The van der Waals surface area contributed by atoms with E-state index in [0.717, 1.165) is 18.7 Å². The Morgan fingerprint density at radius 1 is 1.32 bits per heavy atom. The zero-order valence-electron chi connectivity index (χ0n) is 12.8. The lowest BCUT2D eigenvalue weighted by Crippen LogP contribution is -2.40. The summed E-state index contributed by atoms with van der Waals surface area (Å²) in [5, 5.41) is 6.80. The van der Waals surface area contributed by atoms with Crippen molar-refractivity contribution in [2.75, 3.05) is 19.6 Å². The van der Waals surface area contributed by atoms with Gasteiger partial charge < -0.3 is 9.84 Å². The summed E-state index contributed by atoms with van der Waals surface area (Å²) in [6, 6.07) is 11.7. The highest BCUT2D eigenvalue weighted by molar-refractivity contribution is 5.93. The number of likely N-dealkylation sites (tertiary alicyclic amines) is 1. The Balaban J connectivity index is 1.57. The Labute approximate surface area is 130 Å². The van der Waals surface area contributed by atoms with Crippen LogP contribution in [-0.2, 0) is 0 Å². The van der Waals surface area contributed by atoms with E-state index in [-0.39, 0.29) is 5.91 Å². The first-order valence-electron chi connectivity index (χ1n) is 7.78. The highest BCUT2D eigenvalue weighted by Crippen LogP contribution is 2.19. The minimum atomic E-state index is -0.183. The van der Waals surface area contributed by atoms with Gasteiger partial charge in [-0.25, -0.2) is 0 Å². The highest BCUT2D eigenvalue weighted by atomic mass is 16.5. The maximum absolute atomic E-state index is 12.2. The minimum absolute atomic E-state index is 0.183. The molecule has 2 aromatic rings. The van der Waals surface area contributed by atoms with Crippen LogP contribution in [0.15, 0.2) is 40.9 Å². The van der Waals surface area contributed by atoms with Gasteiger partial charge in [0.2, 0.25) is 0 Å². The number of carbonyl (C=O) groups is 1. The summed E-state index contributed by atoms with van der Waals surface area (Å²) in [5.74, 6) is 0.426. The molecule has 0 aliphatic carbocycles. The van der Waals surface area contributed by atoms with Crippen molar-refractivity contribution in [1.82, 2.24) is 15.4 Å². The van der Waals surface area contributed by atoms with Crippen LogP contribution in [0.3, 0.4) is 0 Å². The van der Waals surface area contributed by atoms with Crippen molar-refractivity contribution in [3.63, 3.8) is 0 Å². The Morgan fingerprint density at radius 3 is 2.77 bits per heavy atom. The fourth-order valence-corrected chi connectivity index (χ4v) is 2.76. The molecule has 1 N–H and O–H groups in total. The number of benzene rings is 1. The second-order valence-corrected chi connectivity index (χ2v) is 5.74. The van der Waals surface area contributed by atoms with Crippen molar-refractivity contribution >= 4 is 5.91 Å². The van der Waals surface area contributed by atoms with E-state index in [9.17, 15) is 4.79 Å². The van der Waals surface area contributed by atoms with Crippen LogP contribution in [0.1, 0.15) is 30.3 Å². The van der Waals surface area contributed by atoms with Crippen LogP contribution in [-0.4, -0.2) is 41.6 Å². The van der Waals surface area contributed by atoms with Crippen molar-refractivity contribution in [2.45, 2.75) is 25.8 Å². The van der Waals surface area contributed by atoms with Crippen LogP contribution in [0.2, 0.25) is 0 Å². The largest absolute Gasteiger partial charge is 0.355 e. The standard InChI is InChI=1S/C17H21N3O2/c1-13(20-9-5-6-10-20)12-18-17(21)15-11-16(22-19-15)14-7-3-2-4-8-14/h2-4,7-8,11,13H,5-6,9-10,12H2,1H3,(H,18,21). The maximum Gasteiger partial charge on any atom is 0.273 e. The Bertz CT molecular complexity index is 618. The number of nitrogens with one attached hydrogen (secondary N) is 1. The number of nitrogens with zero attached hydrogens (tertiary/aromatic N) is 2. The van der Waals surface area contributed by atoms with Crippen molar-refractivity contribution < 1.29 is 9.32 Å². The maximum atomic E-state index is 12.2. The van der Waals surface area contributed by atoms with Crippen molar-refractivity contribution in [2.24, 2.45) is 0 Å². The van der Waals surface area contributed by atoms with Crippen LogP contribution in [0.5, 0.6) is 0 Å². The summed E-state index contributed by atoms with van der Waals surface area (Å²) in [6.07, 6.45) is 2.50. The van der Waals surface area contributed by atoms with Crippen LogP contribution in [0.25, 0.3) is 11.3 Å². The lowest BCUT2D eigenvalue weighted by atomic mass is 10.1. The molecule has 1 aromatic carbocycles. The highest BCUT2D eigenvalue weighted by Gasteiger charge is 2.19. The van der Waals surface area contributed by atoms with Gasteiger partial charge in [0.05, 0.1) is 0 Å². The molecule has 1 amide bonds. The average Bonchev–Trinajstić information content (AvgIpc) is 3.24. The van der Waals surface area contributed by atoms with Gasteiger partial charge in [-0.2, -0.15) is 0 Å². The normalized spacial score (nSPS) is 16.6. The molecule has 1 unspecified atom stereocenters. The molecule has 1 aliphatic rings. The van der Waals surface area contributed by atoms with E-state index in [4.69, 9.17) is 4.52 Å². The first-order valence-corrected chi connectivity index (χ1v) is 7.78. The first kappa shape index (κ1) is 14.8. The summed E-state index contributed by atoms with van der Waals surface area (Å²) in [6.45, 7) is 5.02. The molecule has 5 nitrogen and oxygen atoms in total. The number of amides is 1. The molecular weight excluding hydrogens is 278 g/mol. The summed E-state index contributed by atoms with van der Waals surface area (Å²) in [5.41, 5.74) is 1.24. The van der Waals surface area contributed by atoms with Crippen molar-refractivity contribution in [1.29, 1.82) is 0 Å². The molecule has 1 aliphatic heterocycles. The van der Waals surface area contributed by atoms with Gasteiger partial charge in [0.1, 0.15) is 0 Å². The zero-order valence-corrected chi connectivity index (χ0v) is 12.8. The van der Waals surface area contributed by atoms with E-state index >= 15 is 0 Å². The third-order valence-electron chi connectivity index (χ3n) is 4.12. The van der Waals surface area contributed by atoms with Crippen LogP contribution < -0.4 is 5.32 Å². The molecule has 1 fully saturated rings. The second-order valence-electron chi connectivity index (χ2n) is 5.74. The summed E-state index contributed by atoms with van der Waals surface area (Å²) < 4.78 is 5.26. The smallest absolute Gasteiger partial charge is 0.273 e. The topological polar surface area (TPSA) is 58.4 Å². The Hall–Kier alpha value is -2.14. The third kappa shape index (κ3) is 3.36. The van der Waals surface area contributed by atoms with E-state index in [2.05, 4.69) is 22.3 Å². The van der Waals surface area contributed by atoms with Gasteiger partial charge in [0.15, 0.2) is 11.5 Å². The Kier molecular flexibility index (Phi) is 4.53. The molecule has 1 saturated heterocycles. The summed E-state index contributed by atoms with van der Waals surface area (Å²) in [4.78, 5) is 14.6. The predicted octanol–water partition coefficient (Wildman–Crippen LogP) is 2.56. The molecule has 22 heavy (non-hydrogen) atoms. The molecule has 3 rings (SSSR count). The van der Waals surface area contributed by atoms with E-state index in [1.807, 2.05) is 30.3 Å². The summed E-state index contributed by atoms with van der Waals surface area (Å²) in [7, 11) is 0. The third-order valence-corrected chi connectivity index (χ3v) is 4.12. The SMILES string of the molecule is CC(CNC(=O)c1cc(-c2ccccc2)on1)N1CCCC1. The number of aromatic nitrogens is 1. The molecule has 2 heterocycles. The Morgan fingerprint density at radius 2 is 2.05 bits per heavy atom. The second kappa shape index (κ2) is 6.75. The molecule has 1 aromatic heterocycles. The number of hydrogen-bond donors (Lipinski definition) is 1. The van der Waals surface area contributed by atoms with E-state index in [1.165, 1.54) is 12.8 Å². The first-order chi connectivity index (χ1) is 10.7. The lowest BCUT2D eigenvalue weighted by molar-refractivity contribution is 0.0931. The lowest BCUT2D eigenvalue weighted by Gasteiger charge is -2.23. The predicted molar refractivity (Wildman–Crippen MR) is 84.5 cm³/mol. The monoisotopic (exact) mass is 299 g/mol. The molecule has 1 atom stereocenters. The minimum Gasteiger partial charge on any atom is -0.355 e. The van der Waals surface area contributed by atoms with Gasteiger partial charge in [0.25, 0.3) is 5.91 Å². The quantitative estimate of drug-likeness (QED) is 0.922. The van der Waals surface area contributed by atoms with Gasteiger partial charge in [-0.05, 0) is 32.9 Å². The van der Waals surface area contributed by atoms with Crippen LogP contribution >= 0.6 is 0 Å². The van der Waals surface area contributed by atoms with Gasteiger partial charge in [0, 0.05) is 24.2 Å². The van der Waals surface area contributed by atoms with E-state index in [0.29, 0.717) is 24.0 Å². The van der Waals surface area contributed by atoms with Gasteiger partial charge in [-0.15, -0.1) is 0 Å². The molecule has 5 heteroatoms. The summed E-state index contributed by atoms with van der Waals surface area (Å²) >= 11 is 0. The molecule has 116 valence electrons. The number of carbonyl (C=O) groups excluding carboxylic acids is 1. The molecule has 0 radical (unpaired) electrons. The van der Waals surface area contributed by atoms with Gasteiger partial charge in [-0.3, -0.25) is 9.69 Å².